The normalized spacial score (nSPS) is 20.1. The fourth-order valence-corrected chi connectivity index (χ4v) is 7.92. The highest BCUT2D eigenvalue weighted by atomic mass is 19.1. The van der Waals surface area contributed by atoms with Crippen molar-refractivity contribution in [3.8, 4) is 0 Å². The molecule has 54 heavy (non-hydrogen) atoms. The van der Waals surface area contributed by atoms with Gasteiger partial charge in [0.25, 0.3) is 11.5 Å². The molecule has 4 fully saturated rings. The molecule has 1 aromatic heterocycles. The fraction of sp³-hybridized carbons (Fsp3) is 0.595. The highest BCUT2D eigenvalue weighted by molar-refractivity contribution is 5.95. The van der Waals surface area contributed by atoms with E-state index in [9.17, 15) is 28.7 Å². The van der Waals surface area contributed by atoms with E-state index >= 15 is 0 Å². The van der Waals surface area contributed by atoms with Gasteiger partial charge in [0.2, 0.25) is 12.3 Å². The minimum absolute atomic E-state index is 0.0114. The lowest BCUT2D eigenvalue weighted by Gasteiger charge is -2.36. The minimum Gasteiger partial charge on any atom is -0.393 e. The number of carbonyl (C=O) groups excluding carboxylic acids is 3. The molecule has 11 nitrogen and oxygen atoms in total. The van der Waals surface area contributed by atoms with E-state index in [1.807, 2.05) is 21.9 Å². The molecule has 1 saturated carbocycles. The van der Waals surface area contributed by atoms with Crippen molar-refractivity contribution in [2.24, 2.45) is 5.92 Å². The lowest BCUT2D eigenvalue weighted by Crippen LogP contribution is -2.53. The number of aliphatic hydroxyl groups is 1. The predicted molar refractivity (Wildman–Crippen MR) is 209 cm³/mol. The number of amides is 3. The van der Waals surface area contributed by atoms with Crippen molar-refractivity contribution in [3.05, 3.63) is 75.5 Å². The summed E-state index contributed by atoms with van der Waals surface area (Å²) in [6, 6.07) is 12.1. The summed E-state index contributed by atoms with van der Waals surface area (Å²) in [6.07, 6.45) is 14.9. The van der Waals surface area contributed by atoms with E-state index in [1.54, 1.807) is 34.1 Å². The Hall–Kier alpha value is -4.16. The van der Waals surface area contributed by atoms with E-state index in [-0.39, 0.29) is 23.1 Å². The molecular weight excluding hydrogens is 687 g/mol. The third kappa shape index (κ3) is 11.4. The van der Waals surface area contributed by atoms with Crippen molar-refractivity contribution < 1.29 is 23.9 Å². The second-order valence-electron chi connectivity index (χ2n) is 15.3. The van der Waals surface area contributed by atoms with Gasteiger partial charge in [-0.3, -0.25) is 24.1 Å². The first-order chi connectivity index (χ1) is 26.2. The summed E-state index contributed by atoms with van der Waals surface area (Å²) in [5.74, 6) is 0.0932. The number of halogens is 1. The SMILES string of the molecule is CC1CCCCN1C=O.CCC1CCCCC1.O=C(CN1CCC(O)CC1)N1CCN(C(=O)c2cc(Cc3n[nH]c(=O)c4ccccc34)ccc2F)CC1. The molecule has 3 amide bonds. The smallest absolute Gasteiger partial charge is 0.272 e. The van der Waals surface area contributed by atoms with Crippen LogP contribution in [0.15, 0.2) is 47.3 Å². The maximum absolute atomic E-state index is 14.7. The molecule has 3 saturated heterocycles. The Bertz CT molecular complexity index is 1730. The number of H-pyrrole nitrogens is 1. The van der Waals surface area contributed by atoms with Crippen molar-refractivity contribution in [2.45, 2.75) is 103 Å². The van der Waals surface area contributed by atoms with Crippen LogP contribution in [0.4, 0.5) is 4.39 Å². The van der Waals surface area contributed by atoms with Crippen molar-refractivity contribution >= 4 is 29.0 Å². The monoisotopic (exact) mass is 746 g/mol. The number of aromatic nitrogens is 2. The first-order valence-corrected chi connectivity index (χ1v) is 20.1. The number of hydrogen-bond acceptors (Lipinski definition) is 7. The Labute approximate surface area is 318 Å². The summed E-state index contributed by atoms with van der Waals surface area (Å²) in [5.41, 5.74) is 1.05. The van der Waals surface area contributed by atoms with Gasteiger partial charge in [-0.2, -0.15) is 5.10 Å². The number of aromatic amines is 1. The van der Waals surface area contributed by atoms with Crippen molar-refractivity contribution in [2.75, 3.05) is 52.4 Å². The quantitative estimate of drug-likeness (QED) is 0.311. The van der Waals surface area contributed by atoms with Gasteiger partial charge in [-0.25, -0.2) is 9.49 Å². The standard InChI is InChI=1S/C27H30FN5O4.C8H16.C7H13NO/c28-23-6-5-18(16-24-20-3-1-2-4-21(20)26(36)30-29-24)15-22(23)27(37)33-13-11-32(12-14-33)25(35)17-31-9-7-19(34)8-10-31;1-2-8-6-4-3-5-7-8;1-7-4-2-3-5-8(7)6-9/h1-6,15,19,34H,7-14,16-17H2,(H,30,36);8H,2-7H2,1H3;6-7H,2-5H2,1H3. The van der Waals surface area contributed by atoms with Crippen LogP contribution < -0.4 is 5.56 Å². The van der Waals surface area contributed by atoms with Crippen LogP contribution in [0.2, 0.25) is 0 Å². The first kappa shape index (κ1) is 41.0. The van der Waals surface area contributed by atoms with Crippen LogP contribution in [0.3, 0.4) is 0 Å². The lowest BCUT2D eigenvalue weighted by atomic mass is 9.88. The lowest BCUT2D eigenvalue weighted by molar-refractivity contribution is -0.134. The molecule has 3 aliphatic heterocycles. The van der Waals surface area contributed by atoms with Gasteiger partial charge in [0, 0.05) is 63.7 Å². The molecule has 2 N–H and O–H groups in total. The van der Waals surface area contributed by atoms with Crippen molar-refractivity contribution in [3.63, 3.8) is 0 Å². The van der Waals surface area contributed by atoms with Gasteiger partial charge < -0.3 is 19.8 Å². The number of aliphatic hydroxyl groups excluding tert-OH is 1. The zero-order valence-electron chi connectivity index (χ0n) is 32.2. The van der Waals surface area contributed by atoms with Crippen LogP contribution in [0.5, 0.6) is 0 Å². The summed E-state index contributed by atoms with van der Waals surface area (Å²) in [6.45, 7) is 8.55. The largest absolute Gasteiger partial charge is 0.393 e. The molecule has 0 radical (unpaired) electrons. The van der Waals surface area contributed by atoms with Crippen LogP contribution in [-0.4, -0.2) is 118 Å². The molecule has 4 heterocycles. The Balaban J connectivity index is 0.000000269. The Morgan fingerprint density at radius 2 is 1.54 bits per heavy atom. The van der Waals surface area contributed by atoms with Crippen molar-refractivity contribution in [1.82, 2.24) is 29.8 Å². The van der Waals surface area contributed by atoms with Gasteiger partial charge >= 0.3 is 0 Å². The number of carbonyl (C=O) groups is 3. The third-order valence-electron chi connectivity index (χ3n) is 11.5. The van der Waals surface area contributed by atoms with Crippen LogP contribution >= 0.6 is 0 Å². The van der Waals surface area contributed by atoms with Gasteiger partial charge in [0.1, 0.15) is 5.82 Å². The average Bonchev–Trinajstić information content (AvgIpc) is 3.21. The number of nitrogens with zero attached hydrogens (tertiary/aromatic N) is 5. The first-order valence-electron chi connectivity index (χ1n) is 20.1. The molecule has 3 aromatic rings. The molecule has 294 valence electrons. The van der Waals surface area contributed by atoms with E-state index in [0.29, 0.717) is 93.1 Å². The minimum atomic E-state index is -0.598. The number of piperazine rings is 1. The molecule has 0 bridgehead atoms. The van der Waals surface area contributed by atoms with E-state index in [4.69, 9.17) is 0 Å². The highest BCUT2D eigenvalue weighted by Crippen LogP contribution is 2.25. The number of piperidine rings is 2. The van der Waals surface area contributed by atoms with Crippen molar-refractivity contribution in [1.29, 1.82) is 0 Å². The second-order valence-corrected chi connectivity index (χ2v) is 15.3. The topological polar surface area (TPSA) is 130 Å². The van der Waals surface area contributed by atoms with Gasteiger partial charge in [-0.1, -0.05) is 69.7 Å². The zero-order valence-corrected chi connectivity index (χ0v) is 32.2. The highest BCUT2D eigenvalue weighted by Gasteiger charge is 2.28. The summed E-state index contributed by atoms with van der Waals surface area (Å²) in [4.78, 5) is 55.5. The third-order valence-corrected chi connectivity index (χ3v) is 11.5. The second kappa shape index (κ2) is 20.5. The summed E-state index contributed by atoms with van der Waals surface area (Å²) in [7, 11) is 0. The Kier molecular flexibility index (Phi) is 15.6. The van der Waals surface area contributed by atoms with E-state index < -0.39 is 11.7 Å². The van der Waals surface area contributed by atoms with Gasteiger partial charge in [0.15, 0.2) is 0 Å². The molecule has 2 aromatic carbocycles. The molecule has 1 unspecified atom stereocenters. The Morgan fingerprint density at radius 1 is 0.870 bits per heavy atom. The number of benzene rings is 2. The van der Waals surface area contributed by atoms with Gasteiger partial charge in [-0.05, 0) is 68.7 Å². The zero-order chi connectivity index (χ0) is 38.5. The maximum Gasteiger partial charge on any atom is 0.272 e. The molecule has 0 spiro atoms. The van der Waals surface area contributed by atoms with Crippen LogP contribution in [0.1, 0.15) is 106 Å². The summed E-state index contributed by atoms with van der Waals surface area (Å²) in [5, 5.41) is 17.6. The molecule has 12 heteroatoms. The molecule has 1 aliphatic carbocycles. The molecule has 4 aliphatic rings. The number of likely N-dealkylation sites (tertiary alicyclic amines) is 2. The summed E-state index contributed by atoms with van der Waals surface area (Å²) >= 11 is 0. The van der Waals surface area contributed by atoms with E-state index in [1.165, 1.54) is 63.9 Å². The fourth-order valence-electron chi connectivity index (χ4n) is 7.92. The van der Waals surface area contributed by atoms with E-state index in [2.05, 4.69) is 24.0 Å². The number of rotatable bonds is 7. The van der Waals surface area contributed by atoms with E-state index in [0.717, 1.165) is 18.9 Å². The number of hydrogen-bond donors (Lipinski definition) is 2. The summed E-state index contributed by atoms with van der Waals surface area (Å²) < 4.78 is 14.7. The average molecular weight is 747 g/mol. The Morgan fingerprint density at radius 3 is 2.17 bits per heavy atom. The van der Waals surface area contributed by atoms with Crippen LogP contribution in [0, 0.1) is 11.7 Å². The van der Waals surface area contributed by atoms with Crippen LogP contribution in [0.25, 0.3) is 10.8 Å². The molecular formula is C42H59FN6O5. The van der Waals surface area contributed by atoms with Gasteiger partial charge in [0.05, 0.1) is 29.3 Å². The van der Waals surface area contributed by atoms with Crippen LogP contribution in [-0.2, 0) is 16.0 Å². The predicted octanol–water partition coefficient (Wildman–Crippen LogP) is 5.39. The maximum atomic E-state index is 14.7. The number of nitrogens with one attached hydrogen (secondary N) is 1. The number of fused-ring (bicyclic) bond motifs is 1. The molecule has 7 rings (SSSR count). The van der Waals surface area contributed by atoms with Gasteiger partial charge in [-0.15, -0.1) is 0 Å². The molecule has 1 atom stereocenters.